The zero-order chi connectivity index (χ0) is 17.3. The molecule has 4 nitrogen and oxygen atoms in total. The summed E-state index contributed by atoms with van der Waals surface area (Å²) < 4.78 is 0. The number of carbonyl (C=O) groups is 2. The molecule has 3 rings (SSSR count). The Bertz CT molecular complexity index is 618. The molecule has 0 radical (unpaired) electrons. The van der Waals surface area contributed by atoms with Crippen LogP contribution in [0.5, 0.6) is 0 Å². The van der Waals surface area contributed by atoms with Crippen molar-refractivity contribution in [2.45, 2.75) is 63.8 Å². The summed E-state index contributed by atoms with van der Waals surface area (Å²) in [5.41, 5.74) is 1.73. The summed E-state index contributed by atoms with van der Waals surface area (Å²) in [6.45, 7) is 2.08. The van der Waals surface area contributed by atoms with Crippen LogP contribution in [0.15, 0.2) is 24.3 Å². The molecule has 1 N–H and O–H groups in total. The van der Waals surface area contributed by atoms with Crippen molar-refractivity contribution in [3.63, 3.8) is 0 Å². The molecular weight excluding hydrogens is 302 g/mol. The van der Waals surface area contributed by atoms with Gasteiger partial charge in [-0.15, -0.1) is 0 Å². The van der Waals surface area contributed by atoms with E-state index in [0.717, 1.165) is 25.7 Å². The number of carboxylic acids is 1. The lowest BCUT2D eigenvalue weighted by Gasteiger charge is -2.39. The number of rotatable bonds is 5. The van der Waals surface area contributed by atoms with E-state index in [1.807, 2.05) is 11.9 Å². The highest BCUT2D eigenvalue weighted by Crippen LogP contribution is 2.45. The highest BCUT2D eigenvalue weighted by molar-refractivity contribution is 5.85. The van der Waals surface area contributed by atoms with Crippen molar-refractivity contribution in [3.05, 3.63) is 35.4 Å². The summed E-state index contributed by atoms with van der Waals surface area (Å²) in [6.07, 6.45) is 5.54. The fraction of sp³-hybridized carbons (Fsp3) is 0.600. The van der Waals surface area contributed by atoms with Crippen LogP contribution in [0.3, 0.4) is 0 Å². The molecule has 4 heteroatoms. The van der Waals surface area contributed by atoms with Gasteiger partial charge in [-0.05, 0) is 38.2 Å². The number of benzene rings is 1. The van der Waals surface area contributed by atoms with Crippen LogP contribution in [0.25, 0.3) is 0 Å². The maximum absolute atomic E-state index is 12.7. The van der Waals surface area contributed by atoms with E-state index in [2.05, 4.69) is 31.2 Å². The molecule has 130 valence electrons. The molecule has 0 aromatic heterocycles. The van der Waals surface area contributed by atoms with Crippen LogP contribution >= 0.6 is 0 Å². The molecule has 24 heavy (non-hydrogen) atoms. The average molecular weight is 329 g/mol. The molecule has 2 atom stereocenters. The number of carbonyl (C=O) groups excluding carboxylic acids is 1. The average Bonchev–Trinajstić information content (AvgIpc) is 2.99. The van der Waals surface area contributed by atoms with Gasteiger partial charge in [-0.1, -0.05) is 42.7 Å². The number of hydrogen-bond donors (Lipinski definition) is 1. The van der Waals surface area contributed by atoms with Crippen LogP contribution in [-0.2, 0) is 9.59 Å². The molecule has 1 aromatic carbocycles. The molecule has 2 aliphatic rings. The van der Waals surface area contributed by atoms with Gasteiger partial charge < -0.3 is 10.0 Å². The maximum Gasteiger partial charge on any atom is 0.310 e. The van der Waals surface area contributed by atoms with Crippen LogP contribution in [0.4, 0.5) is 0 Å². The van der Waals surface area contributed by atoms with E-state index in [-0.39, 0.29) is 18.4 Å². The second-order valence-electron chi connectivity index (χ2n) is 7.64. The maximum atomic E-state index is 12.7. The third kappa shape index (κ3) is 3.06. The predicted molar refractivity (Wildman–Crippen MR) is 92.9 cm³/mol. The Kier molecular flexibility index (Phi) is 4.66. The van der Waals surface area contributed by atoms with Crippen molar-refractivity contribution >= 4 is 11.9 Å². The lowest BCUT2D eigenvalue weighted by Crippen LogP contribution is -2.46. The normalized spacial score (nSPS) is 25.1. The number of aryl methyl sites for hydroxylation is 1. The summed E-state index contributed by atoms with van der Waals surface area (Å²) >= 11 is 0. The topological polar surface area (TPSA) is 57.6 Å². The number of nitrogens with zero attached hydrogens (tertiary/aromatic N) is 1. The molecule has 1 amide bonds. The van der Waals surface area contributed by atoms with Gasteiger partial charge in [-0.3, -0.25) is 9.59 Å². The monoisotopic (exact) mass is 329 g/mol. The zero-order valence-electron chi connectivity index (χ0n) is 14.6. The summed E-state index contributed by atoms with van der Waals surface area (Å²) in [7, 11) is 1.85. The van der Waals surface area contributed by atoms with Gasteiger partial charge in [0, 0.05) is 25.4 Å². The van der Waals surface area contributed by atoms with Crippen molar-refractivity contribution < 1.29 is 14.7 Å². The summed E-state index contributed by atoms with van der Waals surface area (Å²) in [5, 5.41) is 9.47. The molecule has 0 bridgehead atoms. The van der Waals surface area contributed by atoms with Gasteiger partial charge in [0.05, 0.1) is 5.41 Å². The van der Waals surface area contributed by atoms with E-state index in [0.29, 0.717) is 18.8 Å². The van der Waals surface area contributed by atoms with E-state index in [9.17, 15) is 14.7 Å². The van der Waals surface area contributed by atoms with Gasteiger partial charge >= 0.3 is 5.97 Å². The standard InChI is InChI=1S/C20H27NO3/c1-14-7-9-15(10-8-14)16-5-3-6-17(16)21(2)18(22)13-20(19(23)24)11-4-12-20/h7-10,16-17H,3-6,11-13H2,1-2H3,(H,23,24). The van der Waals surface area contributed by atoms with Crippen LogP contribution in [0.1, 0.15) is 62.0 Å². The van der Waals surface area contributed by atoms with Crippen molar-refractivity contribution in [2.75, 3.05) is 7.05 Å². The molecule has 0 saturated heterocycles. The minimum Gasteiger partial charge on any atom is -0.481 e. The Balaban J connectivity index is 1.71. The number of hydrogen-bond acceptors (Lipinski definition) is 2. The quantitative estimate of drug-likeness (QED) is 0.895. The minimum absolute atomic E-state index is 0.0129. The van der Waals surface area contributed by atoms with Crippen molar-refractivity contribution in [3.8, 4) is 0 Å². The largest absolute Gasteiger partial charge is 0.481 e. The van der Waals surface area contributed by atoms with Crippen LogP contribution in [-0.4, -0.2) is 35.0 Å². The number of amides is 1. The van der Waals surface area contributed by atoms with Gasteiger partial charge in [0.15, 0.2) is 0 Å². The van der Waals surface area contributed by atoms with Gasteiger partial charge in [-0.2, -0.15) is 0 Å². The fourth-order valence-corrected chi connectivity index (χ4v) is 4.28. The Hall–Kier alpha value is -1.84. The van der Waals surface area contributed by atoms with E-state index >= 15 is 0 Å². The van der Waals surface area contributed by atoms with Crippen molar-refractivity contribution in [1.82, 2.24) is 4.90 Å². The summed E-state index contributed by atoms with van der Waals surface area (Å²) in [4.78, 5) is 26.1. The highest BCUT2D eigenvalue weighted by atomic mass is 16.4. The molecule has 0 spiro atoms. The lowest BCUT2D eigenvalue weighted by atomic mass is 9.66. The molecule has 2 aliphatic carbocycles. The van der Waals surface area contributed by atoms with E-state index in [1.165, 1.54) is 11.1 Å². The Morgan fingerprint density at radius 3 is 2.38 bits per heavy atom. The Morgan fingerprint density at radius 1 is 1.17 bits per heavy atom. The van der Waals surface area contributed by atoms with E-state index in [1.54, 1.807) is 0 Å². The molecular formula is C20H27NO3. The number of aliphatic carboxylic acids is 1. The summed E-state index contributed by atoms with van der Waals surface area (Å²) in [5.74, 6) is -0.458. The third-order valence-corrected chi connectivity index (χ3v) is 6.13. The Morgan fingerprint density at radius 2 is 1.83 bits per heavy atom. The second kappa shape index (κ2) is 6.58. The zero-order valence-corrected chi connectivity index (χ0v) is 14.6. The molecule has 2 fully saturated rings. The smallest absolute Gasteiger partial charge is 0.310 e. The highest BCUT2D eigenvalue weighted by Gasteiger charge is 2.47. The first-order valence-electron chi connectivity index (χ1n) is 8.98. The number of carboxylic acid groups (broad SMARTS) is 1. The second-order valence-corrected chi connectivity index (χ2v) is 7.64. The van der Waals surface area contributed by atoms with E-state index < -0.39 is 11.4 Å². The lowest BCUT2D eigenvalue weighted by molar-refractivity contribution is -0.159. The first-order valence-corrected chi connectivity index (χ1v) is 8.98. The van der Waals surface area contributed by atoms with Gasteiger partial charge in [0.1, 0.15) is 0 Å². The Labute approximate surface area is 143 Å². The van der Waals surface area contributed by atoms with Crippen molar-refractivity contribution in [1.29, 1.82) is 0 Å². The molecule has 1 aromatic rings. The van der Waals surface area contributed by atoms with Gasteiger partial charge in [-0.25, -0.2) is 0 Å². The van der Waals surface area contributed by atoms with Gasteiger partial charge in [0.25, 0.3) is 0 Å². The third-order valence-electron chi connectivity index (χ3n) is 6.13. The van der Waals surface area contributed by atoms with Crippen LogP contribution in [0.2, 0.25) is 0 Å². The summed E-state index contributed by atoms with van der Waals surface area (Å²) in [6, 6.07) is 8.77. The van der Waals surface area contributed by atoms with Gasteiger partial charge in [0.2, 0.25) is 5.91 Å². The van der Waals surface area contributed by atoms with Crippen molar-refractivity contribution in [2.24, 2.45) is 5.41 Å². The fourth-order valence-electron chi connectivity index (χ4n) is 4.28. The first kappa shape index (κ1) is 17.0. The van der Waals surface area contributed by atoms with E-state index in [4.69, 9.17) is 0 Å². The molecule has 2 saturated carbocycles. The predicted octanol–water partition coefficient (Wildman–Crippen LogP) is 3.73. The van der Waals surface area contributed by atoms with Crippen LogP contribution < -0.4 is 0 Å². The molecule has 2 unspecified atom stereocenters. The minimum atomic E-state index is -0.808. The number of likely N-dealkylation sites (N-methyl/N-ethyl adjacent to an activating group) is 1. The first-order chi connectivity index (χ1) is 11.4. The van der Waals surface area contributed by atoms with Crippen LogP contribution in [0, 0.1) is 12.3 Å². The SMILES string of the molecule is Cc1ccc(C2CCCC2N(C)C(=O)CC2(C(=O)O)CCC2)cc1. The molecule has 0 heterocycles. The molecule has 0 aliphatic heterocycles.